The molecule has 0 bridgehead atoms. The monoisotopic (exact) mass is 447 g/mol. The van der Waals surface area contributed by atoms with Crippen LogP contribution in [0.1, 0.15) is 43.2 Å². The summed E-state index contributed by atoms with van der Waals surface area (Å²) in [5.74, 6) is 1.68. The number of aromatic nitrogens is 1. The Bertz CT molecular complexity index is 910. The number of anilines is 2. The SMILES string of the molecule is CS(=O)c1cc2c(nc1NC1(CO)CCC1)N(CCCc1ccc(Cl)cc1)CCC2. The van der Waals surface area contributed by atoms with Crippen LogP contribution in [0.25, 0.3) is 0 Å². The van der Waals surface area contributed by atoms with Crippen molar-refractivity contribution in [1.82, 2.24) is 4.98 Å². The van der Waals surface area contributed by atoms with Gasteiger partial charge in [0.05, 0.1) is 27.8 Å². The van der Waals surface area contributed by atoms with E-state index in [2.05, 4.69) is 28.4 Å². The van der Waals surface area contributed by atoms with Gasteiger partial charge in [0.1, 0.15) is 11.6 Å². The van der Waals surface area contributed by atoms with Crippen LogP contribution in [0.5, 0.6) is 0 Å². The highest BCUT2D eigenvalue weighted by atomic mass is 35.5. The first-order valence-corrected chi connectivity index (χ1v) is 12.7. The van der Waals surface area contributed by atoms with Gasteiger partial charge in [0.15, 0.2) is 0 Å². The summed E-state index contributed by atoms with van der Waals surface area (Å²) in [5.41, 5.74) is 2.15. The Labute approximate surface area is 186 Å². The van der Waals surface area contributed by atoms with Gasteiger partial charge >= 0.3 is 0 Å². The molecule has 0 radical (unpaired) electrons. The van der Waals surface area contributed by atoms with E-state index < -0.39 is 10.8 Å². The largest absolute Gasteiger partial charge is 0.394 e. The molecule has 1 aliphatic carbocycles. The molecule has 7 heteroatoms. The quantitative estimate of drug-likeness (QED) is 0.635. The molecular formula is C23H30ClN3O2S. The number of fused-ring (bicyclic) bond motifs is 1. The third-order valence-corrected chi connectivity index (χ3v) is 7.51. The highest BCUT2D eigenvalue weighted by molar-refractivity contribution is 7.84. The van der Waals surface area contributed by atoms with E-state index in [1.807, 2.05) is 12.1 Å². The smallest absolute Gasteiger partial charge is 0.145 e. The van der Waals surface area contributed by atoms with Gasteiger partial charge in [0.2, 0.25) is 0 Å². The van der Waals surface area contributed by atoms with E-state index >= 15 is 0 Å². The molecule has 2 aliphatic rings. The van der Waals surface area contributed by atoms with Gasteiger partial charge in [0, 0.05) is 24.4 Å². The lowest BCUT2D eigenvalue weighted by atomic mass is 9.77. The molecule has 2 N–H and O–H groups in total. The summed E-state index contributed by atoms with van der Waals surface area (Å²) in [5, 5.41) is 14.1. The average Bonchev–Trinajstić information content (AvgIpc) is 2.71. The predicted molar refractivity (Wildman–Crippen MR) is 124 cm³/mol. The summed E-state index contributed by atoms with van der Waals surface area (Å²) < 4.78 is 12.4. The van der Waals surface area contributed by atoms with Crippen LogP contribution in [-0.2, 0) is 23.6 Å². The Morgan fingerprint density at radius 1 is 1.27 bits per heavy atom. The second kappa shape index (κ2) is 9.25. The normalized spacial score (nSPS) is 18.4. The van der Waals surface area contributed by atoms with Crippen molar-refractivity contribution in [2.24, 2.45) is 0 Å². The number of nitrogens with zero attached hydrogens (tertiary/aromatic N) is 2. The molecule has 30 heavy (non-hydrogen) atoms. The van der Waals surface area contributed by atoms with E-state index in [-0.39, 0.29) is 12.1 Å². The molecule has 1 atom stereocenters. The van der Waals surface area contributed by atoms with Crippen LogP contribution in [0.15, 0.2) is 35.2 Å². The summed E-state index contributed by atoms with van der Waals surface area (Å²) in [6.07, 6.45) is 8.72. The van der Waals surface area contributed by atoms with Gasteiger partial charge in [-0.3, -0.25) is 4.21 Å². The number of benzene rings is 1. The Balaban J connectivity index is 1.53. The van der Waals surface area contributed by atoms with Crippen molar-refractivity contribution >= 4 is 34.0 Å². The van der Waals surface area contributed by atoms with Crippen molar-refractivity contribution in [1.29, 1.82) is 0 Å². The first-order valence-electron chi connectivity index (χ1n) is 10.8. The zero-order valence-electron chi connectivity index (χ0n) is 17.5. The summed E-state index contributed by atoms with van der Waals surface area (Å²) in [4.78, 5) is 8.06. The third kappa shape index (κ3) is 4.66. The number of hydrogen-bond donors (Lipinski definition) is 2. The summed E-state index contributed by atoms with van der Waals surface area (Å²) >= 11 is 5.98. The van der Waals surface area contributed by atoms with E-state index in [1.54, 1.807) is 6.26 Å². The fourth-order valence-corrected chi connectivity index (χ4v) is 5.18. The predicted octanol–water partition coefficient (Wildman–Crippen LogP) is 4.18. The maximum absolute atomic E-state index is 12.4. The van der Waals surface area contributed by atoms with Crippen molar-refractivity contribution in [3.8, 4) is 0 Å². The lowest BCUT2D eigenvalue weighted by Crippen LogP contribution is -2.48. The highest BCUT2D eigenvalue weighted by Gasteiger charge is 2.37. The molecule has 2 aromatic rings. The van der Waals surface area contributed by atoms with Crippen LogP contribution in [-0.4, -0.2) is 45.8 Å². The van der Waals surface area contributed by atoms with Crippen LogP contribution in [0.2, 0.25) is 5.02 Å². The van der Waals surface area contributed by atoms with E-state index in [0.717, 1.165) is 73.8 Å². The van der Waals surface area contributed by atoms with Gasteiger partial charge in [-0.05, 0) is 74.3 Å². The highest BCUT2D eigenvalue weighted by Crippen LogP contribution is 2.38. The fourth-order valence-electron chi connectivity index (χ4n) is 4.38. The molecular weight excluding hydrogens is 418 g/mol. The molecule has 1 fully saturated rings. The number of aryl methyl sites for hydroxylation is 2. The van der Waals surface area contributed by atoms with Gasteiger partial charge in [0.25, 0.3) is 0 Å². The van der Waals surface area contributed by atoms with Crippen molar-refractivity contribution in [3.63, 3.8) is 0 Å². The Hall–Kier alpha value is -1.63. The first-order chi connectivity index (χ1) is 14.5. The number of aliphatic hydroxyl groups is 1. The van der Waals surface area contributed by atoms with Crippen molar-refractivity contribution < 1.29 is 9.32 Å². The third-order valence-electron chi connectivity index (χ3n) is 6.33. The molecule has 1 aromatic carbocycles. The van der Waals surface area contributed by atoms with Gasteiger partial charge in [-0.25, -0.2) is 4.98 Å². The van der Waals surface area contributed by atoms with Crippen molar-refractivity contribution in [3.05, 3.63) is 46.5 Å². The summed E-state index contributed by atoms with van der Waals surface area (Å²) in [6.45, 7) is 1.99. The minimum Gasteiger partial charge on any atom is -0.394 e. The van der Waals surface area contributed by atoms with Crippen LogP contribution in [0.3, 0.4) is 0 Å². The minimum absolute atomic E-state index is 0.0758. The van der Waals surface area contributed by atoms with Gasteiger partial charge in [-0.2, -0.15) is 0 Å². The van der Waals surface area contributed by atoms with Gasteiger partial charge in [-0.15, -0.1) is 0 Å². The molecule has 0 saturated heterocycles. The Kier molecular flexibility index (Phi) is 6.66. The van der Waals surface area contributed by atoms with Crippen LogP contribution in [0.4, 0.5) is 11.6 Å². The number of aliphatic hydroxyl groups excluding tert-OH is 1. The fraction of sp³-hybridized carbons (Fsp3) is 0.522. The van der Waals surface area contributed by atoms with E-state index in [1.165, 1.54) is 11.1 Å². The molecule has 1 saturated carbocycles. The van der Waals surface area contributed by atoms with Gasteiger partial charge in [-0.1, -0.05) is 23.7 Å². The molecule has 2 heterocycles. The molecule has 162 valence electrons. The Morgan fingerprint density at radius 2 is 2.03 bits per heavy atom. The number of pyridine rings is 1. The first kappa shape index (κ1) is 21.6. The van der Waals surface area contributed by atoms with E-state index in [4.69, 9.17) is 16.6 Å². The second-order valence-electron chi connectivity index (χ2n) is 8.51. The standard InChI is InChI=1S/C23H30ClN3O2S/c1-30(29)20-15-18-6-3-14-27(13-2-5-17-7-9-19(24)10-8-17)22(18)25-21(20)26-23(16-28)11-4-12-23/h7-10,15,28H,2-6,11-14,16H2,1H3,(H,25,26). The van der Waals surface area contributed by atoms with Crippen LogP contribution < -0.4 is 10.2 Å². The molecule has 1 unspecified atom stereocenters. The lowest BCUT2D eigenvalue weighted by Gasteiger charge is -2.42. The number of halogens is 1. The molecule has 0 amide bonds. The van der Waals surface area contributed by atoms with Crippen LogP contribution >= 0.6 is 11.6 Å². The zero-order valence-corrected chi connectivity index (χ0v) is 19.1. The minimum atomic E-state index is -1.13. The summed E-state index contributed by atoms with van der Waals surface area (Å²) in [7, 11) is -1.13. The molecule has 0 spiro atoms. The average molecular weight is 448 g/mol. The number of rotatable bonds is 8. The van der Waals surface area contributed by atoms with Crippen molar-refractivity contribution in [2.45, 2.75) is 55.4 Å². The number of nitrogens with one attached hydrogen (secondary N) is 1. The van der Waals surface area contributed by atoms with E-state index in [9.17, 15) is 9.32 Å². The summed E-state index contributed by atoms with van der Waals surface area (Å²) in [6, 6.07) is 10.1. The van der Waals surface area contributed by atoms with Crippen molar-refractivity contribution in [2.75, 3.05) is 36.2 Å². The maximum Gasteiger partial charge on any atom is 0.145 e. The molecule has 1 aliphatic heterocycles. The van der Waals surface area contributed by atoms with E-state index in [0.29, 0.717) is 5.82 Å². The zero-order chi connectivity index (χ0) is 21.1. The molecule has 5 nitrogen and oxygen atoms in total. The maximum atomic E-state index is 12.4. The lowest BCUT2D eigenvalue weighted by molar-refractivity contribution is 0.143. The Morgan fingerprint density at radius 3 is 2.67 bits per heavy atom. The van der Waals surface area contributed by atoms with Gasteiger partial charge < -0.3 is 15.3 Å². The van der Waals surface area contributed by atoms with Crippen LogP contribution in [0, 0.1) is 0 Å². The second-order valence-corrected chi connectivity index (χ2v) is 10.3. The number of hydrogen-bond acceptors (Lipinski definition) is 5. The molecule has 1 aromatic heterocycles. The topological polar surface area (TPSA) is 65.5 Å². The molecule has 4 rings (SSSR count).